The number of thioether (sulfide) groups is 1. The lowest BCUT2D eigenvalue weighted by atomic mass is 9.87. The van der Waals surface area contributed by atoms with Crippen LogP contribution in [-0.4, -0.2) is 48.0 Å². The van der Waals surface area contributed by atoms with Crippen molar-refractivity contribution in [2.45, 2.75) is 215 Å². The van der Waals surface area contributed by atoms with E-state index in [9.17, 15) is 14.4 Å². The second-order valence-electron chi connectivity index (χ2n) is 15.9. The minimum absolute atomic E-state index is 0.0109. The number of ether oxygens (including phenoxy) is 2. The summed E-state index contributed by atoms with van der Waals surface area (Å²) in [6, 6.07) is -0.588. The normalized spacial score (nSPS) is 14.3. The third-order valence-corrected chi connectivity index (χ3v) is 10.9. The summed E-state index contributed by atoms with van der Waals surface area (Å²) in [6.07, 6.45) is 29.2. The van der Waals surface area contributed by atoms with Gasteiger partial charge < -0.3 is 15.2 Å². The van der Waals surface area contributed by atoms with Crippen molar-refractivity contribution in [1.29, 1.82) is 0 Å². The fourth-order valence-electron chi connectivity index (χ4n) is 6.14. The molecule has 0 aromatic heterocycles. The van der Waals surface area contributed by atoms with Gasteiger partial charge in [0.25, 0.3) is 0 Å². The van der Waals surface area contributed by atoms with Gasteiger partial charge in [0, 0.05) is 16.9 Å². The van der Waals surface area contributed by atoms with Crippen molar-refractivity contribution in [3.8, 4) is 0 Å². The highest BCUT2D eigenvalue weighted by Gasteiger charge is 2.28. The molecule has 7 heteroatoms. The lowest BCUT2D eigenvalue weighted by Crippen LogP contribution is -2.41. The minimum atomic E-state index is -0.588. The Balaban J connectivity index is 4.59. The molecule has 6 nitrogen and oxygen atoms in total. The van der Waals surface area contributed by atoms with Crippen LogP contribution in [0.4, 0.5) is 0 Å². The van der Waals surface area contributed by atoms with E-state index in [1.165, 1.54) is 127 Å². The van der Waals surface area contributed by atoms with Gasteiger partial charge in [-0.05, 0) is 12.8 Å². The molecule has 0 aliphatic heterocycles. The molecule has 0 rings (SSSR count). The summed E-state index contributed by atoms with van der Waals surface area (Å²) in [5.41, 5.74) is 5.68. The maximum atomic E-state index is 13.1. The van der Waals surface area contributed by atoms with Gasteiger partial charge in [-0.15, -0.1) is 0 Å². The van der Waals surface area contributed by atoms with Crippen molar-refractivity contribution in [3.05, 3.63) is 0 Å². The van der Waals surface area contributed by atoms with E-state index in [1.807, 2.05) is 34.6 Å². The van der Waals surface area contributed by atoms with Crippen LogP contribution in [0.15, 0.2) is 0 Å². The highest BCUT2D eigenvalue weighted by molar-refractivity contribution is 7.99. The smallest absolute Gasteiger partial charge is 0.309 e. The minimum Gasteiger partial charge on any atom is -0.461 e. The van der Waals surface area contributed by atoms with Gasteiger partial charge in [0.1, 0.15) is 12.7 Å². The number of rotatable bonds is 34. The average Bonchev–Trinajstić information content (AvgIpc) is 3.06. The predicted molar refractivity (Wildman–Crippen MR) is 211 cm³/mol. The Kier molecular flexibility index (Phi) is 30.9. The van der Waals surface area contributed by atoms with Crippen LogP contribution in [0.25, 0.3) is 0 Å². The zero-order chi connectivity index (χ0) is 36.8. The second kappa shape index (κ2) is 31.6. The average molecular weight is 712 g/mol. The Bertz CT molecular complexity index is 813. The maximum Gasteiger partial charge on any atom is 0.309 e. The Morgan fingerprint density at radius 2 is 0.939 bits per heavy atom. The van der Waals surface area contributed by atoms with E-state index >= 15 is 0 Å². The summed E-state index contributed by atoms with van der Waals surface area (Å²) in [5.74, 6) is 0.0254. The topological polar surface area (TPSA) is 95.7 Å². The van der Waals surface area contributed by atoms with E-state index in [1.54, 1.807) is 0 Å². The largest absolute Gasteiger partial charge is 0.461 e. The number of Topliss-reactive ketones (excluding diaryl/α,β-unsaturated/α-hetero) is 1. The third kappa shape index (κ3) is 28.2. The van der Waals surface area contributed by atoms with Crippen LogP contribution in [-0.2, 0) is 23.9 Å². The summed E-state index contributed by atoms with van der Waals surface area (Å²) in [4.78, 5) is 38.5. The van der Waals surface area contributed by atoms with E-state index < -0.39 is 17.6 Å². The molecule has 0 saturated heterocycles. The molecule has 0 aliphatic carbocycles. The van der Waals surface area contributed by atoms with Gasteiger partial charge in [-0.25, -0.2) is 0 Å². The van der Waals surface area contributed by atoms with E-state index in [0.29, 0.717) is 11.5 Å². The van der Waals surface area contributed by atoms with Crippen LogP contribution in [0.2, 0.25) is 0 Å². The van der Waals surface area contributed by atoms with E-state index in [0.717, 1.165) is 38.5 Å². The van der Waals surface area contributed by atoms with Gasteiger partial charge in [-0.1, -0.05) is 190 Å². The standard InChI is InChI=1S/C42H81NO5S/c1-8-10-12-14-16-18-20-22-24-26-28-30-35(3)40(45)47-32-37(33-49-34-38(43)39(44)42(5,6)7)48-41(46)36(4)31-29-27-25-23-21-19-17-15-13-11-9-2/h35-38H,8-34,43H2,1-7H3. The first-order chi connectivity index (χ1) is 23.4. The lowest BCUT2D eigenvalue weighted by molar-refractivity contribution is -0.162. The molecule has 0 aromatic carbocycles. The van der Waals surface area contributed by atoms with Crippen LogP contribution in [0.3, 0.4) is 0 Å². The summed E-state index contributed by atoms with van der Waals surface area (Å²) >= 11 is 1.48. The Hall–Kier alpha value is -1.08. The molecular formula is C42H81NO5S. The number of nitrogens with two attached hydrogens (primary N) is 1. The SMILES string of the molecule is CCCCCCCCCCCCCC(C)C(=O)OCC(CSCC(N)C(=O)C(C)(C)C)OC(=O)C(C)CCCCCCCCCCCCC. The molecule has 49 heavy (non-hydrogen) atoms. The third-order valence-electron chi connectivity index (χ3n) is 9.66. The second-order valence-corrected chi connectivity index (χ2v) is 17.0. The lowest BCUT2D eigenvalue weighted by Gasteiger charge is -2.23. The number of unbranched alkanes of at least 4 members (excludes halogenated alkanes) is 20. The van der Waals surface area contributed by atoms with Crippen molar-refractivity contribution < 1.29 is 23.9 Å². The first-order valence-corrected chi connectivity index (χ1v) is 21.8. The van der Waals surface area contributed by atoms with Gasteiger partial charge in [-0.2, -0.15) is 11.8 Å². The Morgan fingerprint density at radius 3 is 1.33 bits per heavy atom. The van der Waals surface area contributed by atoms with Gasteiger partial charge in [-0.3, -0.25) is 14.4 Å². The van der Waals surface area contributed by atoms with Crippen LogP contribution >= 0.6 is 11.8 Å². The first-order valence-electron chi connectivity index (χ1n) is 20.7. The van der Waals surface area contributed by atoms with Crippen LogP contribution in [0.1, 0.15) is 203 Å². The molecule has 0 spiro atoms. The molecule has 4 atom stereocenters. The van der Waals surface area contributed by atoms with Crippen LogP contribution in [0.5, 0.6) is 0 Å². The summed E-state index contributed by atoms with van der Waals surface area (Å²) in [6.45, 7) is 14.0. The number of hydrogen-bond donors (Lipinski definition) is 1. The van der Waals surface area contributed by atoms with Crippen molar-refractivity contribution in [2.24, 2.45) is 23.0 Å². The molecular weight excluding hydrogens is 631 g/mol. The zero-order valence-electron chi connectivity index (χ0n) is 33.4. The molecule has 0 radical (unpaired) electrons. The number of carbonyl (C=O) groups excluding carboxylic acids is 3. The fraction of sp³-hybridized carbons (Fsp3) is 0.929. The van der Waals surface area contributed by atoms with Gasteiger partial charge >= 0.3 is 11.9 Å². The van der Waals surface area contributed by atoms with Crippen molar-refractivity contribution >= 4 is 29.5 Å². The molecule has 2 N–H and O–H groups in total. The van der Waals surface area contributed by atoms with Crippen LogP contribution < -0.4 is 5.73 Å². The summed E-state index contributed by atoms with van der Waals surface area (Å²) in [7, 11) is 0. The molecule has 0 bridgehead atoms. The summed E-state index contributed by atoms with van der Waals surface area (Å²) in [5, 5.41) is 0. The number of esters is 2. The van der Waals surface area contributed by atoms with Crippen molar-refractivity contribution in [2.75, 3.05) is 18.1 Å². The molecule has 0 amide bonds. The first kappa shape index (κ1) is 47.9. The van der Waals surface area contributed by atoms with E-state index in [-0.39, 0.29) is 36.2 Å². The molecule has 0 fully saturated rings. The molecule has 0 heterocycles. The highest BCUT2D eigenvalue weighted by Crippen LogP contribution is 2.21. The van der Waals surface area contributed by atoms with E-state index in [2.05, 4.69) is 13.8 Å². The van der Waals surface area contributed by atoms with Crippen molar-refractivity contribution in [1.82, 2.24) is 0 Å². The quantitative estimate of drug-likeness (QED) is 0.0524. The van der Waals surface area contributed by atoms with Gasteiger partial charge in [0.2, 0.25) is 0 Å². The number of hydrogen-bond acceptors (Lipinski definition) is 7. The predicted octanol–water partition coefficient (Wildman–Crippen LogP) is 11.8. The Labute approximate surface area is 308 Å². The molecule has 0 saturated carbocycles. The van der Waals surface area contributed by atoms with Crippen molar-refractivity contribution in [3.63, 3.8) is 0 Å². The molecule has 0 aromatic rings. The highest BCUT2D eigenvalue weighted by atomic mass is 32.2. The van der Waals surface area contributed by atoms with Crippen LogP contribution in [0, 0.1) is 17.3 Å². The maximum absolute atomic E-state index is 13.1. The molecule has 0 aliphatic rings. The van der Waals surface area contributed by atoms with Gasteiger partial charge in [0.05, 0.1) is 17.9 Å². The van der Waals surface area contributed by atoms with E-state index in [4.69, 9.17) is 15.2 Å². The summed E-state index contributed by atoms with van der Waals surface area (Å²) < 4.78 is 11.6. The number of carbonyl (C=O) groups is 3. The Morgan fingerprint density at radius 1 is 0.571 bits per heavy atom. The fourth-order valence-corrected chi connectivity index (χ4v) is 7.11. The monoisotopic (exact) mass is 712 g/mol. The zero-order valence-corrected chi connectivity index (χ0v) is 34.2. The molecule has 4 unspecified atom stereocenters. The number of ketones is 1. The molecule has 290 valence electrons. The van der Waals surface area contributed by atoms with Gasteiger partial charge in [0.15, 0.2) is 5.78 Å².